The largest absolute Gasteiger partial charge is 0.382 e. The van der Waals surface area contributed by atoms with Gasteiger partial charge in [-0.2, -0.15) is 0 Å². The molecule has 15 heteroatoms. The first-order chi connectivity index (χ1) is 29.6. The Morgan fingerprint density at radius 2 is 1.28 bits per heavy atom. The van der Waals surface area contributed by atoms with Crippen molar-refractivity contribution in [2.24, 2.45) is 5.92 Å². The second kappa shape index (κ2) is 17.0. The van der Waals surface area contributed by atoms with Crippen LogP contribution in [-0.2, 0) is 46.3 Å². The number of aromatic amines is 2. The molecule has 0 unspecified atom stereocenters. The summed E-state index contributed by atoms with van der Waals surface area (Å²) in [5, 5.41) is 13.9. The number of fused-ring (bicyclic) bond motifs is 6. The number of amides is 6. The molecule has 5 heterocycles. The Hall–Kier alpha value is -5.70. The summed E-state index contributed by atoms with van der Waals surface area (Å²) < 4.78 is 5.49. The maximum Gasteiger partial charge on any atom is 0.248 e. The highest BCUT2D eigenvalue weighted by Crippen LogP contribution is 2.41. The third-order valence-electron chi connectivity index (χ3n) is 14.1. The van der Waals surface area contributed by atoms with E-state index in [4.69, 9.17) is 4.74 Å². The standard InChI is InChI=1S/C46H56N8O7/c1-61-26-36-43(58)53-20-10-17-38(53)44(59)54-37-16-7-2-11-27(37)23-39(54)42(57)49-35(22-29-25-48-33-15-6-4-13-31(29)33)41(56)52-46(18-8-9-19-46)45(60)51-34(40(55)50-36)21-28-24-47-32-14-5-3-12-30(28)32/h3-6,12-15,24-25,27,34-39,47-48H,2,7-11,16-23,26H2,1H3,(H,49,57)(H,50,55)(H,51,60)(H,52,56)/t27-,34-,35-,36-,37-,38+,39-/m0/s1. The van der Waals surface area contributed by atoms with E-state index in [0.717, 1.165) is 58.6 Å². The fourth-order valence-electron chi connectivity index (χ4n) is 11.0. The van der Waals surface area contributed by atoms with E-state index in [1.54, 1.807) is 11.1 Å². The number of nitrogens with one attached hydrogen (secondary N) is 6. The predicted octanol–water partition coefficient (Wildman–Crippen LogP) is 3.13. The third-order valence-corrected chi connectivity index (χ3v) is 14.1. The monoisotopic (exact) mass is 832 g/mol. The number of rotatable bonds is 6. The average Bonchev–Trinajstić information content (AvgIpc) is 4.13. The molecule has 322 valence electrons. The lowest BCUT2D eigenvalue weighted by Crippen LogP contribution is -2.65. The lowest BCUT2D eigenvalue weighted by Gasteiger charge is -2.38. The molecule has 5 aliphatic rings. The highest BCUT2D eigenvalue weighted by Gasteiger charge is 2.52. The summed E-state index contributed by atoms with van der Waals surface area (Å²) in [5.74, 6) is -2.68. The summed E-state index contributed by atoms with van der Waals surface area (Å²) >= 11 is 0. The van der Waals surface area contributed by atoms with Crippen LogP contribution in [0.25, 0.3) is 21.8 Å². The smallest absolute Gasteiger partial charge is 0.248 e. The van der Waals surface area contributed by atoms with Gasteiger partial charge in [-0.05, 0) is 74.1 Å². The van der Waals surface area contributed by atoms with E-state index < -0.39 is 65.3 Å². The molecule has 6 amide bonds. The Kier molecular flexibility index (Phi) is 11.3. The molecule has 15 nitrogen and oxygen atoms in total. The fraction of sp³-hybridized carbons (Fsp3) is 0.522. The summed E-state index contributed by atoms with van der Waals surface area (Å²) in [7, 11) is 1.44. The molecule has 4 aromatic rings. The maximum atomic E-state index is 15.0. The zero-order chi connectivity index (χ0) is 42.3. The molecule has 3 saturated heterocycles. The van der Waals surface area contributed by atoms with Crippen LogP contribution in [0.15, 0.2) is 60.9 Å². The minimum Gasteiger partial charge on any atom is -0.382 e. The Morgan fingerprint density at radius 3 is 1.95 bits per heavy atom. The number of hydrogen-bond donors (Lipinski definition) is 6. The van der Waals surface area contributed by atoms with Gasteiger partial charge in [-0.25, -0.2) is 0 Å². The SMILES string of the molecule is COC[C@@H]1NC(=O)[C@H](Cc2c[nH]c3ccccc23)NC(=O)C2(CCCC2)NC(=O)[C@H](Cc2c[nH]c3ccccc23)NC(=O)[C@@H]2C[C@@H]3CCCC[C@@H]3N2C(=O)[C@H]2CCCN2C1=O. The number of para-hydroxylation sites is 2. The second-order valence-corrected chi connectivity index (χ2v) is 17.8. The molecule has 2 aromatic heterocycles. The highest BCUT2D eigenvalue weighted by atomic mass is 16.5. The van der Waals surface area contributed by atoms with Crippen molar-refractivity contribution in [2.45, 2.75) is 125 Å². The average molecular weight is 833 g/mol. The molecule has 3 aliphatic heterocycles. The van der Waals surface area contributed by atoms with E-state index in [0.29, 0.717) is 51.5 Å². The van der Waals surface area contributed by atoms with Crippen LogP contribution in [0.4, 0.5) is 0 Å². The van der Waals surface area contributed by atoms with Crippen molar-refractivity contribution in [1.29, 1.82) is 0 Å². The van der Waals surface area contributed by atoms with Crippen LogP contribution in [0.3, 0.4) is 0 Å². The first-order valence-electron chi connectivity index (χ1n) is 22.1. The molecule has 7 atom stereocenters. The number of H-pyrrole nitrogens is 2. The number of ether oxygens (including phenoxy) is 1. The molecule has 2 aliphatic carbocycles. The first-order valence-corrected chi connectivity index (χ1v) is 22.1. The molecule has 61 heavy (non-hydrogen) atoms. The zero-order valence-electron chi connectivity index (χ0n) is 34.7. The molecule has 2 aromatic carbocycles. The minimum atomic E-state index is -1.38. The molecular formula is C46H56N8O7. The summed E-state index contributed by atoms with van der Waals surface area (Å²) in [6, 6.07) is 10.1. The molecular weight excluding hydrogens is 777 g/mol. The molecule has 6 N–H and O–H groups in total. The van der Waals surface area contributed by atoms with Gasteiger partial charge < -0.3 is 45.8 Å². The van der Waals surface area contributed by atoms with E-state index in [-0.39, 0.29) is 37.3 Å². The van der Waals surface area contributed by atoms with Gasteiger partial charge in [0, 0.05) is 66.7 Å². The predicted molar refractivity (Wildman–Crippen MR) is 227 cm³/mol. The van der Waals surface area contributed by atoms with Crippen molar-refractivity contribution in [3.05, 3.63) is 72.1 Å². The topological polar surface area (TPSA) is 198 Å². The van der Waals surface area contributed by atoms with Crippen molar-refractivity contribution in [1.82, 2.24) is 41.0 Å². The van der Waals surface area contributed by atoms with Crippen molar-refractivity contribution in [3.63, 3.8) is 0 Å². The van der Waals surface area contributed by atoms with Crippen molar-refractivity contribution in [2.75, 3.05) is 20.3 Å². The molecule has 5 fully saturated rings. The van der Waals surface area contributed by atoms with Crippen LogP contribution in [-0.4, -0.2) is 117 Å². The molecule has 9 rings (SSSR count). The summed E-state index contributed by atoms with van der Waals surface area (Å²) in [6.07, 6.45) is 10.8. The Balaban J connectivity index is 1.12. The molecule has 1 spiro atoms. The van der Waals surface area contributed by atoms with Gasteiger partial charge in [0.25, 0.3) is 0 Å². The van der Waals surface area contributed by atoms with Gasteiger partial charge in [0.15, 0.2) is 0 Å². The fourth-order valence-corrected chi connectivity index (χ4v) is 11.0. The number of aromatic nitrogens is 2. The number of carbonyl (C=O) groups is 6. The number of nitrogens with zero attached hydrogens (tertiary/aromatic N) is 2. The molecule has 2 saturated carbocycles. The third kappa shape index (κ3) is 7.77. The molecule has 0 bridgehead atoms. The molecule has 0 radical (unpaired) electrons. The number of methoxy groups -OCH3 is 1. The van der Waals surface area contributed by atoms with Gasteiger partial charge in [0.05, 0.1) is 6.61 Å². The van der Waals surface area contributed by atoms with Gasteiger partial charge in [0.2, 0.25) is 35.4 Å². The van der Waals surface area contributed by atoms with Gasteiger partial charge in [-0.3, -0.25) is 28.8 Å². The lowest BCUT2D eigenvalue weighted by molar-refractivity contribution is -0.150. The van der Waals surface area contributed by atoms with Crippen molar-refractivity contribution in [3.8, 4) is 0 Å². The Bertz CT molecular complexity index is 2330. The maximum absolute atomic E-state index is 15.0. The number of carbonyl (C=O) groups excluding carboxylic acids is 6. The minimum absolute atomic E-state index is 0.0858. The highest BCUT2D eigenvalue weighted by molar-refractivity contribution is 6.00. The van der Waals surface area contributed by atoms with E-state index >= 15 is 0 Å². The second-order valence-electron chi connectivity index (χ2n) is 17.8. The summed E-state index contributed by atoms with van der Waals surface area (Å²) in [5.41, 5.74) is 1.97. The van der Waals surface area contributed by atoms with Gasteiger partial charge in [-0.1, -0.05) is 62.1 Å². The Morgan fingerprint density at radius 1 is 0.656 bits per heavy atom. The van der Waals surface area contributed by atoms with Crippen LogP contribution in [0.2, 0.25) is 0 Å². The lowest BCUT2D eigenvalue weighted by atomic mass is 9.84. The summed E-state index contributed by atoms with van der Waals surface area (Å²) in [6.45, 7) is 0.141. The zero-order valence-corrected chi connectivity index (χ0v) is 34.7. The quantitative estimate of drug-likeness (QED) is 0.172. The van der Waals surface area contributed by atoms with E-state index in [9.17, 15) is 28.8 Å². The normalized spacial score (nSPS) is 28.8. The van der Waals surface area contributed by atoms with Gasteiger partial charge in [0.1, 0.15) is 35.7 Å². The van der Waals surface area contributed by atoms with Crippen LogP contribution < -0.4 is 21.3 Å². The van der Waals surface area contributed by atoms with Gasteiger partial charge in [-0.15, -0.1) is 0 Å². The van der Waals surface area contributed by atoms with Crippen molar-refractivity contribution >= 4 is 57.2 Å². The van der Waals surface area contributed by atoms with Crippen LogP contribution in [0, 0.1) is 5.92 Å². The van der Waals surface area contributed by atoms with E-state index in [1.807, 2.05) is 54.7 Å². The first kappa shape index (κ1) is 40.7. The number of benzene rings is 2. The van der Waals surface area contributed by atoms with Crippen LogP contribution in [0.5, 0.6) is 0 Å². The van der Waals surface area contributed by atoms with E-state index in [2.05, 4.69) is 31.2 Å². The van der Waals surface area contributed by atoms with Crippen molar-refractivity contribution < 1.29 is 33.5 Å². The summed E-state index contributed by atoms with van der Waals surface area (Å²) in [4.78, 5) is 98.3. The van der Waals surface area contributed by atoms with E-state index in [1.165, 1.54) is 12.0 Å². The Labute approximate surface area is 354 Å². The van der Waals surface area contributed by atoms with Gasteiger partial charge >= 0.3 is 0 Å². The number of hydrogen-bond acceptors (Lipinski definition) is 7. The van der Waals surface area contributed by atoms with Crippen LogP contribution >= 0.6 is 0 Å². The van der Waals surface area contributed by atoms with Crippen LogP contribution in [0.1, 0.15) is 81.8 Å².